The van der Waals surface area contributed by atoms with Crippen molar-refractivity contribution in [1.29, 1.82) is 0 Å². The predicted octanol–water partition coefficient (Wildman–Crippen LogP) is 4.04. The van der Waals surface area contributed by atoms with E-state index in [9.17, 15) is 9.90 Å². The van der Waals surface area contributed by atoms with Gasteiger partial charge in [0.2, 0.25) is 0 Å². The van der Waals surface area contributed by atoms with Crippen LogP contribution in [0.5, 0.6) is 0 Å². The molecule has 2 aromatic carbocycles. The van der Waals surface area contributed by atoms with Crippen LogP contribution in [0.4, 0.5) is 5.69 Å². The van der Waals surface area contributed by atoms with Crippen LogP contribution in [-0.2, 0) is 5.11 Å². The van der Waals surface area contributed by atoms with E-state index in [1.54, 1.807) is 42.5 Å². The molecule has 1 radical (unpaired) electrons. The van der Waals surface area contributed by atoms with Gasteiger partial charge in [0.25, 0.3) is 5.91 Å². The predicted molar refractivity (Wildman–Crippen MR) is 80.4 cm³/mol. The normalized spacial score (nSPS) is 10.7. The van der Waals surface area contributed by atoms with Crippen LogP contribution >= 0.6 is 11.6 Å². The summed E-state index contributed by atoms with van der Waals surface area (Å²) < 4.78 is 0. The summed E-state index contributed by atoms with van der Waals surface area (Å²) in [4.78, 5) is 12.0. The van der Waals surface area contributed by atoms with Crippen LogP contribution in [0.15, 0.2) is 54.6 Å². The van der Waals surface area contributed by atoms with Crippen LogP contribution in [0.25, 0.3) is 6.08 Å². The Hall–Kier alpha value is -2.10. The van der Waals surface area contributed by atoms with E-state index in [4.69, 9.17) is 11.6 Å². The lowest BCUT2D eigenvalue weighted by Gasteiger charge is -2.06. The zero-order chi connectivity index (χ0) is 14.4. The third kappa shape index (κ3) is 3.95. The lowest BCUT2D eigenvalue weighted by atomic mass is 10.1. The van der Waals surface area contributed by atoms with Crippen molar-refractivity contribution in [2.45, 2.75) is 0 Å². The summed E-state index contributed by atoms with van der Waals surface area (Å²) in [5.74, 6) is -0.202. The van der Waals surface area contributed by atoms with Gasteiger partial charge in [0.15, 0.2) is 0 Å². The lowest BCUT2D eigenvalue weighted by Crippen LogP contribution is -2.11. The molecule has 1 amide bonds. The van der Waals surface area contributed by atoms with Crippen LogP contribution in [0.2, 0.25) is 5.02 Å². The van der Waals surface area contributed by atoms with Gasteiger partial charge in [0.05, 0.1) is 0 Å². The maximum Gasteiger partial charge on any atom is 0.255 e. The molecule has 101 valence electrons. The zero-order valence-electron chi connectivity index (χ0n) is 10.7. The maximum atomic E-state index is 12.0. The van der Waals surface area contributed by atoms with Crippen LogP contribution in [-0.4, -0.2) is 12.5 Å². The summed E-state index contributed by atoms with van der Waals surface area (Å²) >= 11 is 5.78. The van der Waals surface area contributed by atoms with E-state index in [1.807, 2.05) is 12.1 Å². The Morgan fingerprint density at radius 1 is 1.15 bits per heavy atom. The number of hydrogen-bond acceptors (Lipinski definition) is 1. The molecule has 0 fully saturated rings. The molecule has 0 spiro atoms. The zero-order valence-corrected chi connectivity index (χ0v) is 11.4. The number of carbonyl (C=O) groups excluding carboxylic acids is 1. The Morgan fingerprint density at radius 3 is 2.60 bits per heavy atom. The minimum atomic E-state index is -0.263. The molecule has 3 nitrogen and oxygen atoms in total. The second kappa shape index (κ2) is 6.89. The van der Waals surface area contributed by atoms with Gasteiger partial charge in [0, 0.05) is 16.3 Å². The van der Waals surface area contributed by atoms with E-state index >= 15 is 0 Å². The average Bonchev–Trinajstić information content (AvgIpc) is 2.46. The highest BCUT2D eigenvalue weighted by atomic mass is 35.5. The Labute approximate surface area is 122 Å². The summed E-state index contributed by atoms with van der Waals surface area (Å²) in [5, 5.41) is 13.8. The first kappa shape index (κ1) is 14.3. The standard InChI is InChI=1S/C16H13ClNO2/c17-14-8-6-13(7-9-14)16(20)18-15-5-1-3-12(11-15)4-2-10-19/h1-9,11H,10H2,(H,18,20). The minimum Gasteiger partial charge on any atom is -0.322 e. The molecule has 0 aliphatic heterocycles. The SMILES string of the molecule is [O]CC=Cc1cccc(NC(=O)c2ccc(Cl)cc2)c1. The Kier molecular flexibility index (Phi) is 4.93. The third-order valence-electron chi connectivity index (χ3n) is 2.66. The van der Waals surface area contributed by atoms with Gasteiger partial charge in [0.1, 0.15) is 6.61 Å². The van der Waals surface area contributed by atoms with Crippen molar-refractivity contribution < 1.29 is 9.90 Å². The molecule has 0 atom stereocenters. The van der Waals surface area contributed by atoms with Gasteiger partial charge in [-0.25, -0.2) is 5.11 Å². The number of halogens is 1. The van der Waals surface area contributed by atoms with E-state index in [2.05, 4.69) is 5.32 Å². The Bertz CT molecular complexity index is 621. The number of benzene rings is 2. The number of hydrogen-bond donors (Lipinski definition) is 1. The van der Waals surface area contributed by atoms with E-state index in [-0.39, 0.29) is 12.5 Å². The van der Waals surface area contributed by atoms with E-state index in [0.717, 1.165) is 5.56 Å². The quantitative estimate of drug-likeness (QED) is 0.906. The van der Waals surface area contributed by atoms with Crippen molar-refractivity contribution >= 4 is 29.3 Å². The first-order chi connectivity index (χ1) is 9.69. The highest BCUT2D eigenvalue weighted by Gasteiger charge is 2.05. The monoisotopic (exact) mass is 286 g/mol. The van der Waals surface area contributed by atoms with Gasteiger partial charge >= 0.3 is 0 Å². The van der Waals surface area contributed by atoms with Crippen molar-refractivity contribution in [3.8, 4) is 0 Å². The largest absolute Gasteiger partial charge is 0.322 e. The molecule has 0 aromatic heterocycles. The van der Waals surface area contributed by atoms with Crippen LogP contribution in [0.1, 0.15) is 15.9 Å². The lowest BCUT2D eigenvalue weighted by molar-refractivity contribution is 0.102. The fraction of sp³-hybridized carbons (Fsp3) is 0.0625. The van der Waals surface area contributed by atoms with Gasteiger partial charge in [-0.1, -0.05) is 35.9 Å². The fourth-order valence-corrected chi connectivity index (χ4v) is 1.83. The van der Waals surface area contributed by atoms with E-state index < -0.39 is 0 Å². The van der Waals surface area contributed by atoms with E-state index in [1.165, 1.54) is 6.08 Å². The molecule has 0 saturated carbocycles. The molecule has 0 saturated heterocycles. The fourth-order valence-electron chi connectivity index (χ4n) is 1.71. The highest BCUT2D eigenvalue weighted by molar-refractivity contribution is 6.30. The minimum absolute atomic E-state index is 0.202. The van der Waals surface area contributed by atoms with Crippen molar-refractivity contribution in [1.82, 2.24) is 0 Å². The molecule has 2 aromatic rings. The number of amides is 1. The molecule has 0 heterocycles. The molecule has 4 heteroatoms. The van der Waals surface area contributed by atoms with Gasteiger partial charge in [-0.3, -0.25) is 4.79 Å². The van der Waals surface area contributed by atoms with Crippen LogP contribution in [0.3, 0.4) is 0 Å². The topological polar surface area (TPSA) is 49.0 Å². The summed E-state index contributed by atoms with van der Waals surface area (Å²) in [6.45, 7) is -0.263. The molecule has 0 aliphatic carbocycles. The van der Waals surface area contributed by atoms with Gasteiger partial charge < -0.3 is 5.32 Å². The molecule has 0 bridgehead atoms. The molecule has 0 unspecified atom stereocenters. The first-order valence-corrected chi connectivity index (χ1v) is 6.48. The average molecular weight is 287 g/mol. The number of nitrogens with one attached hydrogen (secondary N) is 1. The third-order valence-corrected chi connectivity index (χ3v) is 2.91. The summed E-state index contributed by atoms with van der Waals surface area (Å²) in [6.07, 6.45) is 3.26. The molecular weight excluding hydrogens is 274 g/mol. The van der Waals surface area contributed by atoms with Crippen molar-refractivity contribution in [2.24, 2.45) is 0 Å². The molecule has 0 aliphatic rings. The summed E-state index contributed by atoms with van der Waals surface area (Å²) in [7, 11) is 0. The van der Waals surface area contributed by atoms with Gasteiger partial charge in [-0.2, -0.15) is 0 Å². The van der Waals surface area contributed by atoms with Crippen LogP contribution in [0, 0.1) is 0 Å². The maximum absolute atomic E-state index is 12.0. The smallest absolute Gasteiger partial charge is 0.255 e. The van der Waals surface area contributed by atoms with Crippen molar-refractivity contribution in [2.75, 3.05) is 11.9 Å². The first-order valence-electron chi connectivity index (χ1n) is 6.10. The number of carbonyl (C=O) groups is 1. The van der Waals surface area contributed by atoms with Gasteiger partial charge in [-0.15, -0.1) is 0 Å². The summed E-state index contributed by atoms with van der Waals surface area (Å²) in [5.41, 5.74) is 2.09. The van der Waals surface area contributed by atoms with Crippen LogP contribution < -0.4 is 5.32 Å². The second-order valence-corrected chi connectivity index (χ2v) is 4.59. The Balaban J connectivity index is 2.11. The summed E-state index contributed by atoms with van der Waals surface area (Å²) in [6, 6.07) is 14.0. The molecule has 1 N–H and O–H groups in total. The van der Waals surface area contributed by atoms with Gasteiger partial charge in [-0.05, 0) is 42.0 Å². The second-order valence-electron chi connectivity index (χ2n) is 4.16. The number of anilines is 1. The molecule has 2 rings (SSSR count). The molecular formula is C16H13ClNO2. The highest BCUT2D eigenvalue weighted by Crippen LogP contribution is 2.15. The Morgan fingerprint density at radius 2 is 1.90 bits per heavy atom. The van der Waals surface area contributed by atoms with Crippen molar-refractivity contribution in [3.63, 3.8) is 0 Å². The van der Waals surface area contributed by atoms with E-state index in [0.29, 0.717) is 16.3 Å². The number of rotatable bonds is 4. The van der Waals surface area contributed by atoms with Crippen molar-refractivity contribution in [3.05, 3.63) is 70.8 Å². The molecule has 20 heavy (non-hydrogen) atoms.